The summed E-state index contributed by atoms with van der Waals surface area (Å²) in [4.78, 5) is 5.86. The van der Waals surface area contributed by atoms with Gasteiger partial charge in [-0.1, -0.05) is 0 Å². The molecule has 1 aromatic heterocycles. The Labute approximate surface area is 84.4 Å². The van der Waals surface area contributed by atoms with Crippen molar-refractivity contribution in [2.45, 2.75) is 39.7 Å². The molecule has 0 aromatic carbocycles. The Morgan fingerprint density at radius 1 is 1.46 bits per heavy atom. The molecule has 0 aliphatic heterocycles. The van der Waals surface area contributed by atoms with Crippen LogP contribution in [0.1, 0.15) is 28.9 Å². The van der Waals surface area contributed by atoms with Crippen molar-refractivity contribution in [1.82, 2.24) is 10.3 Å². The molecule has 1 aromatic rings. The van der Waals surface area contributed by atoms with Crippen LogP contribution in [0.15, 0.2) is 0 Å². The number of rotatable bonds is 4. The van der Waals surface area contributed by atoms with Crippen molar-refractivity contribution in [1.29, 1.82) is 0 Å². The lowest BCUT2D eigenvalue weighted by Crippen LogP contribution is -2.21. The van der Waals surface area contributed by atoms with Crippen molar-refractivity contribution < 1.29 is 0 Å². The molecule has 0 aliphatic rings. The van der Waals surface area contributed by atoms with E-state index in [1.807, 2.05) is 18.4 Å². The Morgan fingerprint density at radius 2 is 2.15 bits per heavy atom. The summed E-state index contributed by atoms with van der Waals surface area (Å²) in [5.41, 5.74) is 1.19. The van der Waals surface area contributed by atoms with Crippen molar-refractivity contribution in [2.75, 3.05) is 7.05 Å². The molecular weight excluding hydrogens is 180 g/mol. The van der Waals surface area contributed by atoms with Crippen molar-refractivity contribution in [3.05, 3.63) is 15.6 Å². The lowest BCUT2D eigenvalue weighted by Gasteiger charge is -2.07. The first-order valence-corrected chi connectivity index (χ1v) is 5.55. The van der Waals surface area contributed by atoms with E-state index < -0.39 is 0 Å². The normalized spacial score (nSPS) is 13.2. The standard InChI is InChI=1S/C10H18N2S/c1-7(11-4)5-6-10-12-8(2)9(3)13-10/h7,11H,5-6H2,1-4H3. The van der Waals surface area contributed by atoms with Gasteiger partial charge in [0.25, 0.3) is 0 Å². The van der Waals surface area contributed by atoms with Gasteiger partial charge in [-0.05, 0) is 34.2 Å². The van der Waals surface area contributed by atoms with Gasteiger partial charge in [0, 0.05) is 17.3 Å². The first-order chi connectivity index (χ1) is 6.13. The quantitative estimate of drug-likeness (QED) is 0.803. The Bertz CT molecular complexity index is 248. The summed E-state index contributed by atoms with van der Waals surface area (Å²) in [6.07, 6.45) is 2.27. The van der Waals surface area contributed by atoms with Crippen LogP contribution in [-0.4, -0.2) is 18.1 Å². The van der Waals surface area contributed by atoms with E-state index in [9.17, 15) is 0 Å². The molecule has 0 saturated carbocycles. The van der Waals surface area contributed by atoms with Crippen LogP contribution in [0.4, 0.5) is 0 Å². The minimum atomic E-state index is 0.588. The van der Waals surface area contributed by atoms with Crippen LogP contribution in [0, 0.1) is 13.8 Å². The zero-order valence-corrected chi connectivity index (χ0v) is 9.66. The maximum atomic E-state index is 4.51. The van der Waals surface area contributed by atoms with Crippen LogP contribution in [0.2, 0.25) is 0 Å². The first-order valence-electron chi connectivity index (χ1n) is 4.73. The van der Waals surface area contributed by atoms with E-state index in [4.69, 9.17) is 0 Å². The van der Waals surface area contributed by atoms with Gasteiger partial charge in [0.15, 0.2) is 0 Å². The Hall–Kier alpha value is -0.410. The van der Waals surface area contributed by atoms with E-state index in [1.54, 1.807) is 0 Å². The predicted octanol–water partition coefficient (Wildman–Crippen LogP) is 2.30. The highest BCUT2D eigenvalue weighted by atomic mass is 32.1. The highest BCUT2D eigenvalue weighted by Crippen LogP contribution is 2.17. The Kier molecular flexibility index (Phi) is 3.88. The van der Waals surface area contributed by atoms with Crippen LogP contribution < -0.4 is 5.32 Å². The summed E-state index contributed by atoms with van der Waals surface area (Å²) < 4.78 is 0. The topological polar surface area (TPSA) is 24.9 Å². The fourth-order valence-corrected chi connectivity index (χ4v) is 2.08. The van der Waals surface area contributed by atoms with Crippen molar-refractivity contribution in [3.8, 4) is 0 Å². The highest BCUT2D eigenvalue weighted by Gasteiger charge is 2.05. The second kappa shape index (κ2) is 4.72. The molecule has 0 bridgehead atoms. The molecule has 0 amide bonds. The van der Waals surface area contributed by atoms with Gasteiger partial charge in [-0.15, -0.1) is 11.3 Å². The summed E-state index contributed by atoms with van der Waals surface area (Å²) in [6, 6.07) is 0.588. The maximum absolute atomic E-state index is 4.51. The summed E-state index contributed by atoms with van der Waals surface area (Å²) in [5, 5.41) is 4.51. The Morgan fingerprint density at radius 3 is 2.62 bits per heavy atom. The number of aromatic nitrogens is 1. The van der Waals surface area contributed by atoms with Crippen molar-refractivity contribution in [2.24, 2.45) is 0 Å². The third-order valence-electron chi connectivity index (χ3n) is 2.36. The van der Waals surface area contributed by atoms with E-state index in [0.717, 1.165) is 6.42 Å². The monoisotopic (exact) mass is 198 g/mol. The van der Waals surface area contributed by atoms with Gasteiger partial charge in [0.2, 0.25) is 0 Å². The molecule has 1 heterocycles. The van der Waals surface area contributed by atoms with Crippen molar-refractivity contribution in [3.63, 3.8) is 0 Å². The van der Waals surface area contributed by atoms with Gasteiger partial charge in [-0.3, -0.25) is 0 Å². The van der Waals surface area contributed by atoms with Gasteiger partial charge in [-0.25, -0.2) is 4.98 Å². The lowest BCUT2D eigenvalue weighted by molar-refractivity contribution is 0.564. The molecule has 1 N–H and O–H groups in total. The second-order valence-electron chi connectivity index (χ2n) is 3.48. The fourth-order valence-electron chi connectivity index (χ4n) is 1.13. The molecule has 0 aliphatic carbocycles. The number of nitrogens with zero attached hydrogens (tertiary/aromatic N) is 1. The molecule has 0 saturated heterocycles. The molecular formula is C10H18N2S. The van der Waals surface area contributed by atoms with E-state index in [0.29, 0.717) is 6.04 Å². The number of hydrogen-bond acceptors (Lipinski definition) is 3. The minimum absolute atomic E-state index is 0.588. The fraction of sp³-hybridized carbons (Fsp3) is 0.700. The number of nitrogens with one attached hydrogen (secondary N) is 1. The van der Waals surface area contributed by atoms with E-state index in [-0.39, 0.29) is 0 Å². The second-order valence-corrected chi connectivity index (χ2v) is 4.77. The van der Waals surface area contributed by atoms with Crippen LogP contribution in [0.5, 0.6) is 0 Å². The molecule has 74 valence electrons. The van der Waals surface area contributed by atoms with Crippen LogP contribution >= 0.6 is 11.3 Å². The average Bonchev–Trinajstić information content (AvgIpc) is 2.42. The molecule has 0 radical (unpaired) electrons. The highest BCUT2D eigenvalue weighted by molar-refractivity contribution is 7.11. The summed E-state index contributed by atoms with van der Waals surface area (Å²) in [7, 11) is 2.00. The molecule has 1 rings (SSSR count). The molecule has 13 heavy (non-hydrogen) atoms. The largest absolute Gasteiger partial charge is 0.317 e. The van der Waals surface area contributed by atoms with Gasteiger partial charge in [-0.2, -0.15) is 0 Å². The van der Waals surface area contributed by atoms with Gasteiger partial charge in [0.1, 0.15) is 0 Å². The van der Waals surface area contributed by atoms with Gasteiger partial charge >= 0.3 is 0 Å². The number of aryl methyl sites for hydroxylation is 3. The van der Waals surface area contributed by atoms with E-state index in [2.05, 4.69) is 31.1 Å². The maximum Gasteiger partial charge on any atom is 0.0931 e. The smallest absolute Gasteiger partial charge is 0.0931 e. The van der Waals surface area contributed by atoms with Gasteiger partial charge < -0.3 is 5.32 Å². The zero-order chi connectivity index (χ0) is 9.84. The molecule has 3 heteroatoms. The third-order valence-corrected chi connectivity index (χ3v) is 3.49. The molecule has 2 nitrogen and oxygen atoms in total. The van der Waals surface area contributed by atoms with Crippen LogP contribution in [0.25, 0.3) is 0 Å². The summed E-state index contributed by atoms with van der Waals surface area (Å²) in [6.45, 7) is 6.42. The van der Waals surface area contributed by atoms with Gasteiger partial charge in [0.05, 0.1) is 10.7 Å². The van der Waals surface area contributed by atoms with Crippen LogP contribution in [0.3, 0.4) is 0 Å². The molecule has 0 fully saturated rings. The predicted molar refractivity (Wildman–Crippen MR) is 58.4 cm³/mol. The summed E-state index contributed by atoms with van der Waals surface area (Å²) in [5.74, 6) is 0. The van der Waals surface area contributed by atoms with Crippen molar-refractivity contribution >= 4 is 11.3 Å². The zero-order valence-electron chi connectivity index (χ0n) is 8.85. The number of hydrogen-bond donors (Lipinski definition) is 1. The van der Waals surface area contributed by atoms with E-state index in [1.165, 1.54) is 22.0 Å². The SMILES string of the molecule is CNC(C)CCc1nc(C)c(C)s1. The lowest BCUT2D eigenvalue weighted by atomic mass is 10.2. The Balaban J connectivity index is 2.45. The minimum Gasteiger partial charge on any atom is -0.317 e. The molecule has 0 spiro atoms. The summed E-state index contributed by atoms with van der Waals surface area (Å²) >= 11 is 1.83. The first kappa shape index (κ1) is 10.7. The molecule has 1 unspecified atom stereocenters. The van der Waals surface area contributed by atoms with Crippen LogP contribution in [-0.2, 0) is 6.42 Å². The average molecular weight is 198 g/mol. The third kappa shape index (κ3) is 3.08. The van der Waals surface area contributed by atoms with E-state index >= 15 is 0 Å². The number of thiazole rings is 1. The molecule has 1 atom stereocenters.